The van der Waals surface area contributed by atoms with Gasteiger partial charge in [-0.1, -0.05) is 83.3 Å². The van der Waals surface area contributed by atoms with Crippen LogP contribution in [0.4, 0.5) is 0 Å². The summed E-state index contributed by atoms with van der Waals surface area (Å²) in [5.41, 5.74) is 1.65. The van der Waals surface area contributed by atoms with Crippen LogP contribution in [0.25, 0.3) is 21.1 Å². The Balaban J connectivity index is 1.69. The van der Waals surface area contributed by atoms with Crippen LogP contribution in [0, 0.1) is 0 Å². The van der Waals surface area contributed by atoms with Crippen LogP contribution in [0.2, 0.25) is 0 Å². The molecule has 0 amide bonds. The van der Waals surface area contributed by atoms with Gasteiger partial charge in [0.1, 0.15) is 10.0 Å². The Kier molecular flexibility index (Phi) is 4.12. The summed E-state index contributed by atoms with van der Waals surface area (Å²) in [4.78, 5) is 0. The molecule has 0 N–H and O–H groups in total. The van der Waals surface area contributed by atoms with Gasteiger partial charge in [-0.25, -0.2) is 8.42 Å². The van der Waals surface area contributed by atoms with Gasteiger partial charge in [0.15, 0.2) is 0 Å². The zero-order chi connectivity index (χ0) is 17.3. The van der Waals surface area contributed by atoms with Crippen molar-refractivity contribution in [2.24, 2.45) is 0 Å². The molecule has 0 unspecified atom stereocenters. The minimum absolute atomic E-state index is 0.0814. The molecule has 0 atom stereocenters. The maximum atomic E-state index is 12.7. The van der Waals surface area contributed by atoms with Crippen molar-refractivity contribution in [3.8, 4) is 21.1 Å². The zero-order valence-electron chi connectivity index (χ0n) is 12.6. The summed E-state index contributed by atoms with van der Waals surface area (Å²) in [5.74, 6) is 0. The summed E-state index contributed by atoms with van der Waals surface area (Å²) in [6.07, 6.45) is 0. The number of benzene rings is 2. The van der Waals surface area contributed by atoms with Gasteiger partial charge < -0.3 is 0 Å². The van der Waals surface area contributed by atoms with E-state index < -0.39 is 9.84 Å². The van der Waals surface area contributed by atoms with Crippen molar-refractivity contribution in [3.05, 3.63) is 60.7 Å². The molecule has 4 rings (SSSR count). The van der Waals surface area contributed by atoms with Gasteiger partial charge in [0.05, 0.1) is 0 Å². The largest absolute Gasteiger partial charge is 0.264 e. The second kappa shape index (κ2) is 6.43. The summed E-state index contributed by atoms with van der Waals surface area (Å²) < 4.78 is 25.3. The van der Waals surface area contributed by atoms with E-state index in [0.717, 1.165) is 33.8 Å². The van der Waals surface area contributed by atoms with Crippen molar-refractivity contribution in [1.29, 1.82) is 0 Å². The molecule has 2 heterocycles. The van der Waals surface area contributed by atoms with E-state index in [2.05, 4.69) is 20.4 Å². The first kappa shape index (κ1) is 16.0. The quantitative estimate of drug-likeness (QED) is 0.533. The van der Waals surface area contributed by atoms with Gasteiger partial charge in [0.2, 0.25) is 8.68 Å². The Bertz CT molecular complexity index is 1020. The van der Waals surface area contributed by atoms with E-state index in [1.54, 1.807) is 0 Å². The van der Waals surface area contributed by atoms with Crippen LogP contribution in [0.1, 0.15) is 0 Å². The third-order valence-electron chi connectivity index (χ3n) is 3.31. The molecule has 124 valence electrons. The molecule has 0 spiro atoms. The Hall–Kier alpha value is -2.49. The average Bonchev–Trinajstić information content (AvgIpc) is 3.34. The molecule has 0 fully saturated rings. The molecule has 2 aromatic carbocycles. The number of hydrogen-bond donors (Lipinski definition) is 0. The van der Waals surface area contributed by atoms with E-state index in [1.165, 1.54) is 0 Å². The van der Waals surface area contributed by atoms with Crippen molar-refractivity contribution in [1.82, 2.24) is 20.4 Å². The summed E-state index contributed by atoms with van der Waals surface area (Å²) in [7, 11) is -3.82. The fraction of sp³-hybridized carbons (Fsp3) is 0. The fourth-order valence-corrected chi connectivity index (χ4v) is 5.70. The third-order valence-corrected chi connectivity index (χ3v) is 7.75. The maximum absolute atomic E-state index is 12.7. The number of hydrogen-bond acceptors (Lipinski definition) is 8. The molecule has 9 heteroatoms. The minimum atomic E-state index is -3.82. The second-order valence-corrected chi connectivity index (χ2v) is 9.23. The van der Waals surface area contributed by atoms with Crippen molar-refractivity contribution in [2.45, 2.75) is 8.68 Å². The number of rotatable bonds is 4. The molecular formula is C16H10N4O2S3. The molecule has 2 aromatic heterocycles. The van der Waals surface area contributed by atoms with E-state index in [1.807, 2.05) is 60.7 Å². The lowest BCUT2D eigenvalue weighted by atomic mass is 10.2. The predicted molar refractivity (Wildman–Crippen MR) is 96.1 cm³/mol. The third kappa shape index (κ3) is 3.09. The van der Waals surface area contributed by atoms with Crippen molar-refractivity contribution in [3.63, 3.8) is 0 Å². The number of sulfone groups is 1. The standard InChI is InChI=1S/C16H10N4O2S3/c21-25(22,15-19-17-13(23-15)11-7-3-1-4-8-11)16-20-18-14(24-16)12-9-5-2-6-10-12/h1-10H. The molecule has 0 radical (unpaired) electrons. The molecule has 0 aliphatic heterocycles. The first-order chi connectivity index (χ1) is 12.1. The number of aromatic nitrogens is 4. The highest BCUT2D eigenvalue weighted by Gasteiger charge is 2.28. The Morgan fingerprint density at radius 1 is 0.600 bits per heavy atom. The van der Waals surface area contributed by atoms with Crippen LogP contribution < -0.4 is 0 Å². The van der Waals surface area contributed by atoms with Crippen LogP contribution in [0.5, 0.6) is 0 Å². The van der Waals surface area contributed by atoms with Gasteiger partial charge in [-0.2, -0.15) is 0 Å². The highest BCUT2D eigenvalue weighted by Crippen LogP contribution is 2.32. The molecule has 4 aromatic rings. The van der Waals surface area contributed by atoms with Gasteiger partial charge in [-0.15, -0.1) is 20.4 Å². The summed E-state index contributed by atoms with van der Waals surface area (Å²) in [6.45, 7) is 0. The fourth-order valence-electron chi connectivity index (χ4n) is 2.11. The van der Waals surface area contributed by atoms with Crippen molar-refractivity contribution in [2.75, 3.05) is 0 Å². The summed E-state index contributed by atoms with van der Waals surface area (Å²) in [5, 5.41) is 16.8. The molecule has 0 aliphatic carbocycles. The molecule has 0 aliphatic rings. The van der Waals surface area contributed by atoms with E-state index in [4.69, 9.17) is 0 Å². The van der Waals surface area contributed by atoms with Crippen molar-refractivity contribution >= 4 is 32.5 Å². The topological polar surface area (TPSA) is 85.7 Å². The lowest BCUT2D eigenvalue weighted by Crippen LogP contribution is -2.00. The lowest BCUT2D eigenvalue weighted by molar-refractivity contribution is 0.592. The van der Waals surface area contributed by atoms with E-state index in [0.29, 0.717) is 10.0 Å². The summed E-state index contributed by atoms with van der Waals surface area (Å²) >= 11 is 2.04. The molecular weight excluding hydrogens is 376 g/mol. The zero-order valence-corrected chi connectivity index (χ0v) is 15.1. The molecule has 6 nitrogen and oxygen atoms in total. The monoisotopic (exact) mass is 386 g/mol. The molecule has 0 saturated heterocycles. The molecule has 0 bridgehead atoms. The minimum Gasteiger partial charge on any atom is -0.213 e. The average molecular weight is 386 g/mol. The van der Waals surface area contributed by atoms with E-state index >= 15 is 0 Å². The van der Waals surface area contributed by atoms with Crippen LogP contribution in [-0.4, -0.2) is 28.8 Å². The van der Waals surface area contributed by atoms with Crippen LogP contribution in [0.15, 0.2) is 69.3 Å². The first-order valence-electron chi connectivity index (χ1n) is 7.17. The van der Waals surface area contributed by atoms with E-state index in [-0.39, 0.29) is 8.68 Å². The molecule has 25 heavy (non-hydrogen) atoms. The van der Waals surface area contributed by atoms with Gasteiger partial charge in [0.25, 0.3) is 9.84 Å². The van der Waals surface area contributed by atoms with E-state index in [9.17, 15) is 8.42 Å². The van der Waals surface area contributed by atoms with Gasteiger partial charge in [-0.05, 0) is 0 Å². The Labute approximate surface area is 151 Å². The van der Waals surface area contributed by atoms with Crippen molar-refractivity contribution < 1.29 is 8.42 Å². The number of nitrogens with zero attached hydrogens (tertiary/aromatic N) is 4. The SMILES string of the molecule is O=S(=O)(c1nnc(-c2ccccc2)s1)c1nnc(-c2ccccc2)s1. The first-order valence-corrected chi connectivity index (χ1v) is 10.3. The second-order valence-electron chi connectivity index (χ2n) is 4.98. The van der Waals surface area contributed by atoms with Gasteiger partial charge >= 0.3 is 0 Å². The predicted octanol–water partition coefficient (Wildman–Crippen LogP) is 3.56. The van der Waals surface area contributed by atoms with Crippen LogP contribution in [0.3, 0.4) is 0 Å². The Morgan fingerprint density at radius 2 is 1.00 bits per heavy atom. The maximum Gasteiger partial charge on any atom is 0.264 e. The normalized spacial score (nSPS) is 11.5. The highest BCUT2D eigenvalue weighted by atomic mass is 32.3. The van der Waals surface area contributed by atoms with Crippen LogP contribution >= 0.6 is 22.7 Å². The lowest BCUT2D eigenvalue weighted by Gasteiger charge is -1.93. The highest BCUT2D eigenvalue weighted by molar-refractivity contribution is 7.95. The van der Waals surface area contributed by atoms with Crippen LogP contribution in [-0.2, 0) is 9.84 Å². The molecule has 0 saturated carbocycles. The summed E-state index contributed by atoms with van der Waals surface area (Å²) in [6, 6.07) is 18.6. The Morgan fingerprint density at radius 3 is 1.40 bits per heavy atom. The van der Waals surface area contributed by atoms with Gasteiger partial charge in [0, 0.05) is 11.1 Å². The van der Waals surface area contributed by atoms with Gasteiger partial charge in [-0.3, -0.25) is 0 Å². The smallest absolute Gasteiger partial charge is 0.213 e.